The van der Waals surface area contributed by atoms with E-state index in [1.807, 2.05) is 13.0 Å². The van der Waals surface area contributed by atoms with Gasteiger partial charge in [-0.3, -0.25) is 0 Å². The van der Waals surface area contributed by atoms with Crippen LogP contribution < -0.4 is 4.74 Å². The molecule has 0 aromatic heterocycles. The number of thioether (sulfide) groups is 1. The summed E-state index contributed by atoms with van der Waals surface area (Å²) in [6, 6.07) is 11.7. The van der Waals surface area contributed by atoms with Crippen LogP contribution in [-0.4, -0.2) is 5.75 Å². The molecule has 0 unspecified atom stereocenters. The summed E-state index contributed by atoms with van der Waals surface area (Å²) in [7, 11) is 0. The Labute approximate surface area is 126 Å². The number of hydrogen-bond acceptors (Lipinski definition) is 3. The lowest BCUT2D eigenvalue weighted by Crippen LogP contribution is -1.91. The fourth-order valence-electron chi connectivity index (χ4n) is 1.65. The predicted octanol–water partition coefficient (Wildman–Crippen LogP) is 5.26. The molecule has 2 nitrogen and oxygen atoms in total. The molecule has 2 aromatic carbocycles. The van der Waals surface area contributed by atoms with Gasteiger partial charge in [-0.05, 0) is 30.0 Å². The van der Waals surface area contributed by atoms with Crippen molar-refractivity contribution in [3.63, 3.8) is 0 Å². The molecule has 0 heterocycles. The molecule has 0 aliphatic heterocycles. The second kappa shape index (κ2) is 6.65. The Morgan fingerprint density at radius 1 is 1.35 bits per heavy atom. The van der Waals surface area contributed by atoms with Gasteiger partial charge in [0.05, 0.1) is 5.02 Å². The fraction of sp³-hybridized carbons (Fsp3) is 0.133. The number of benzene rings is 2. The van der Waals surface area contributed by atoms with Gasteiger partial charge in [0.1, 0.15) is 28.9 Å². The molecule has 2 aromatic rings. The van der Waals surface area contributed by atoms with Crippen LogP contribution >= 0.6 is 23.4 Å². The molecule has 0 spiro atoms. The lowest BCUT2D eigenvalue weighted by molar-refractivity contribution is 0.474. The van der Waals surface area contributed by atoms with E-state index in [0.29, 0.717) is 17.1 Å². The summed E-state index contributed by atoms with van der Waals surface area (Å²) in [6.45, 7) is 2.01. The number of ether oxygens (including phenoxy) is 1. The molecule has 0 saturated heterocycles. The van der Waals surface area contributed by atoms with E-state index in [1.165, 1.54) is 12.1 Å². The number of hydrogen-bond donors (Lipinski definition) is 0. The van der Waals surface area contributed by atoms with Gasteiger partial charge < -0.3 is 4.74 Å². The van der Waals surface area contributed by atoms with Gasteiger partial charge in [-0.2, -0.15) is 5.26 Å². The van der Waals surface area contributed by atoms with E-state index in [9.17, 15) is 9.65 Å². The van der Waals surface area contributed by atoms with Crippen molar-refractivity contribution in [3.05, 3.63) is 52.8 Å². The molecule has 0 N–H and O–H groups in total. The smallest absolute Gasteiger partial charge is 0.146 e. The standard InChI is InChI=1S/C15H11ClFNOS/c1-2-20-15-5-3-4-14(11(15)9-18)19-10-6-7-12(16)13(17)8-10/h3-8H,2H2,1H3. The summed E-state index contributed by atoms with van der Waals surface area (Å²) in [5.74, 6) is 1.02. The maximum absolute atomic E-state index is 13.4. The third-order valence-electron chi connectivity index (χ3n) is 2.52. The molecular weight excluding hydrogens is 297 g/mol. The second-order valence-corrected chi connectivity index (χ2v) is 5.57. The Bertz CT molecular complexity index is 669. The molecule has 0 bridgehead atoms. The summed E-state index contributed by atoms with van der Waals surface area (Å²) >= 11 is 7.18. The quantitative estimate of drug-likeness (QED) is 0.723. The van der Waals surface area contributed by atoms with Crippen LogP contribution in [0, 0.1) is 17.1 Å². The van der Waals surface area contributed by atoms with Gasteiger partial charge in [-0.15, -0.1) is 11.8 Å². The lowest BCUT2D eigenvalue weighted by Gasteiger charge is -2.10. The predicted molar refractivity (Wildman–Crippen MR) is 79.0 cm³/mol. The van der Waals surface area contributed by atoms with Gasteiger partial charge in [0.15, 0.2) is 0 Å². The van der Waals surface area contributed by atoms with Crippen LogP contribution in [0.15, 0.2) is 41.3 Å². The highest BCUT2D eigenvalue weighted by Gasteiger charge is 2.11. The largest absolute Gasteiger partial charge is 0.456 e. The lowest BCUT2D eigenvalue weighted by atomic mass is 10.2. The van der Waals surface area contributed by atoms with Crippen molar-refractivity contribution in [2.24, 2.45) is 0 Å². The zero-order chi connectivity index (χ0) is 14.5. The first kappa shape index (κ1) is 14.7. The zero-order valence-corrected chi connectivity index (χ0v) is 12.3. The minimum atomic E-state index is -0.554. The first-order chi connectivity index (χ1) is 9.65. The van der Waals surface area contributed by atoms with Crippen molar-refractivity contribution in [3.8, 4) is 17.6 Å². The molecule has 2 rings (SSSR count). The molecule has 0 radical (unpaired) electrons. The fourth-order valence-corrected chi connectivity index (χ4v) is 2.54. The normalized spacial score (nSPS) is 10.1. The molecule has 0 aliphatic rings. The Morgan fingerprint density at radius 3 is 2.80 bits per heavy atom. The van der Waals surface area contributed by atoms with E-state index in [1.54, 1.807) is 30.0 Å². The molecule has 20 heavy (non-hydrogen) atoms. The van der Waals surface area contributed by atoms with Gasteiger partial charge in [0.2, 0.25) is 0 Å². The van der Waals surface area contributed by atoms with Crippen molar-refractivity contribution >= 4 is 23.4 Å². The topological polar surface area (TPSA) is 33.0 Å². The Balaban J connectivity index is 2.35. The average Bonchev–Trinajstić information content (AvgIpc) is 2.44. The van der Waals surface area contributed by atoms with E-state index in [2.05, 4.69) is 6.07 Å². The summed E-state index contributed by atoms with van der Waals surface area (Å²) in [5, 5.41) is 9.30. The van der Waals surface area contributed by atoms with Crippen molar-refractivity contribution < 1.29 is 9.13 Å². The molecule has 0 atom stereocenters. The van der Waals surface area contributed by atoms with Crippen LogP contribution in [0.4, 0.5) is 4.39 Å². The number of rotatable bonds is 4. The molecule has 0 saturated carbocycles. The molecule has 5 heteroatoms. The van der Waals surface area contributed by atoms with Gasteiger partial charge in [0, 0.05) is 11.0 Å². The summed E-state index contributed by atoms with van der Waals surface area (Å²) in [4.78, 5) is 0.849. The monoisotopic (exact) mass is 307 g/mol. The number of nitrogens with zero attached hydrogens (tertiary/aromatic N) is 1. The number of halogens is 2. The molecule has 0 aliphatic carbocycles. The van der Waals surface area contributed by atoms with Crippen LogP contribution in [0.1, 0.15) is 12.5 Å². The number of nitriles is 1. The van der Waals surface area contributed by atoms with Gasteiger partial charge in [-0.25, -0.2) is 4.39 Å². The molecule has 0 fully saturated rings. The molecule has 102 valence electrons. The van der Waals surface area contributed by atoms with Crippen LogP contribution in [-0.2, 0) is 0 Å². The third kappa shape index (κ3) is 3.24. The summed E-state index contributed by atoms with van der Waals surface area (Å²) in [5.41, 5.74) is 0.453. The van der Waals surface area contributed by atoms with E-state index >= 15 is 0 Å². The van der Waals surface area contributed by atoms with Crippen LogP contribution in [0.2, 0.25) is 5.02 Å². The van der Waals surface area contributed by atoms with Crippen LogP contribution in [0.25, 0.3) is 0 Å². The SMILES string of the molecule is CCSc1cccc(Oc2ccc(Cl)c(F)c2)c1C#N. The van der Waals surface area contributed by atoms with Crippen molar-refractivity contribution in [2.75, 3.05) is 5.75 Å². The van der Waals surface area contributed by atoms with E-state index in [4.69, 9.17) is 16.3 Å². The summed E-state index contributed by atoms with van der Waals surface area (Å²) in [6.07, 6.45) is 0. The van der Waals surface area contributed by atoms with Crippen molar-refractivity contribution in [1.82, 2.24) is 0 Å². The minimum Gasteiger partial charge on any atom is -0.456 e. The molecule has 0 amide bonds. The molecular formula is C15H11ClFNOS. The van der Waals surface area contributed by atoms with Gasteiger partial charge in [-0.1, -0.05) is 24.6 Å². The average molecular weight is 308 g/mol. The highest BCUT2D eigenvalue weighted by atomic mass is 35.5. The highest BCUT2D eigenvalue weighted by Crippen LogP contribution is 2.33. The maximum Gasteiger partial charge on any atom is 0.146 e. The zero-order valence-electron chi connectivity index (χ0n) is 10.7. The van der Waals surface area contributed by atoms with Gasteiger partial charge >= 0.3 is 0 Å². The van der Waals surface area contributed by atoms with E-state index < -0.39 is 5.82 Å². The van der Waals surface area contributed by atoms with Gasteiger partial charge in [0.25, 0.3) is 0 Å². The summed E-state index contributed by atoms with van der Waals surface area (Å²) < 4.78 is 19.0. The van der Waals surface area contributed by atoms with Crippen molar-refractivity contribution in [1.29, 1.82) is 5.26 Å². The Hall–Kier alpha value is -1.70. The van der Waals surface area contributed by atoms with E-state index in [0.717, 1.165) is 10.6 Å². The third-order valence-corrected chi connectivity index (χ3v) is 3.76. The first-order valence-corrected chi connectivity index (χ1v) is 7.31. The van der Waals surface area contributed by atoms with Crippen LogP contribution in [0.5, 0.6) is 11.5 Å². The Morgan fingerprint density at radius 2 is 2.15 bits per heavy atom. The van der Waals surface area contributed by atoms with E-state index in [-0.39, 0.29) is 5.02 Å². The highest BCUT2D eigenvalue weighted by molar-refractivity contribution is 7.99. The second-order valence-electron chi connectivity index (χ2n) is 3.85. The minimum absolute atomic E-state index is 0.0353. The Kier molecular flexibility index (Phi) is 4.89. The van der Waals surface area contributed by atoms with Crippen molar-refractivity contribution in [2.45, 2.75) is 11.8 Å². The maximum atomic E-state index is 13.4. The van der Waals surface area contributed by atoms with Crippen LogP contribution in [0.3, 0.4) is 0 Å². The first-order valence-electron chi connectivity index (χ1n) is 5.94.